The van der Waals surface area contributed by atoms with Crippen LogP contribution >= 0.6 is 23.4 Å². The highest BCUT2D eigenvalue weighted by molar-refractivity contribution is 6.35. The molecule has 0 saturated heterocycles. The van der Waals surface area contributed by atoms with Gasteiger partial charge in [-0.3, -0.25) is 0 Å². The lowest BCUT2D eigenvalue weighted by Gasteiger charge is -2.04. The van der Waals surface area contributed by atoms with Crippen molar-refractivity contribution in [1.29, 1.82) is 0 Å². The van der Waals surface area contributed by atoms with Crippen LogP contribution in [-0.2, 0) is 13.0 Å². The van der Waals surface area contributed by atoms with Crippen LogP contribution in [0.3, 0.4) is 0 Å². The van der Waals surface area contributed by atoms with Crippen molar-refractivity contribution in [2.75, 3.05) is 0 Å². The summed E-state index contributed by atoms with van der Waals surface area (Å²) in [6.45, 7) is 6.89. The Balaban J connectivity index is 0.000000189. The Morgan fingerprint density at radius 1 is 1.04 bits per heavy atom. The van der Waals surface area contributed by atoms with Crippen LogP contribution in [0.4, 0.5) is 0 Å². The van der Waals surface area contributed by atoms with Crippen LogP contribution in [-0.4, -0.2) is 19.9 Å². The number of aryl methyl sites for hydroxylation is 3. The molecule has 27 heavy (non-hydrogen) atoms. The molecule has 0 amide bonds. The van der Waals surface area contributed by atoms with Gasteiger partial charge in [-0.15, -0.1) is 0 Å². The van der Waals surface area contributed by atoms with Gasteiger partial charge in [0.25, 0.3) is 0 Å². The summed E-state index contributed by atoms with van der Waals surface area (Å²) in [5.74, 6) is 0. The smallest absolute Gasteiger partial charge is 0.139 e. The molecular formula is C20H25Cl2N5. The maximum absolute atomic E-state index is 6.03. The highest BCUT2D eigenvalue weighted by atomic mass is 35.5. The van der Waals surface area contributed by atoms with E-state index < -0.39 is 0 Å². The van der Waals surface area contributed by atoms with Crippen molar-refractivity contribution in [3.05, 3.63) is 58.1 Å². The molecule has 0 aliphatic heterocycles. The van der Waals surface area contributed by atoms with E-state index in [1.165, 1.54) is 16.5 Å². The second-order valence-corrected chi connectivity index (χ2v) is 6.76. The third-order valence-electron chi connectivity index (χ3n) is 4.62. The zero-order valence-corrected chi connectivity index (χ0v) is 16.5. The molecule has 0 aromatic carbocycles. The van der Waals surface area contributed by atoms with Crippen molar-refractivity contribution in [3.8, 4) is 0 Å². The van der Waals surface area contributed by atoms with Gasteiger partial charge in [-0.1, -0.05) is 26.0 Å². The monoisotopic (exact) mass is 405 g/mol. The van der Waals surface area contributed by atoms with Gasteiger partial charge >= 0.3 is 0 Å². The number of fused-ring (bicyclic) bond motifs is 2. The first-order valence-electron chi connectivity index (χ1n) is 8.42. The summed E-state index contributed by atoms with van der Waals surface area (Å²) in [6, 6.07) is 2.08. The number of nitrogens with zero attached hydrogens (tertiary/aromatic N) is 2. The molecule has 0 atom stereocenters. The molecule has 0 radical (unpaired) electrons. The van der Waals surface area contributed by atoms with Gasteiger partial charge in [-0.2, -0.15) is 0 Å². The van der Waals surface area contributed by atoms with Gasteiger partial charge in [-0.05, 0) is 60.4 Å². The fraction of sp³-hybridized carbons (Fsp3) is 0.300. The second-order valence-electron chi connectivity index (χ2n) is 6.08. The first-order chi connectivity index (χ1) is 12.6. The van der Waals surface area contributed by atoms with E-state index in [1.54, 1.807) is 12.4 Å². The summed E-state index contributed by atoms with van der Waals surface area (Å²) in [7, 11) is 0. The molecule has 0 spiro atoms. The number of rotatable bonds is 3. The third kappa shape index (κ3) is 4.26. The second kappa shape index (κ2) is 9.22. The Kier molecular flexibility index (Phi) is 7.25. The van der Waals surface area contributed by atoms with Crippen LogP contribution in [0.25, 0.3) is 22.1 Å². The number of pyridine rings is 2. The molecule has 0 aliphatic rings. The Morgan fingerprint density at radius 2 is 1.74 bits per heavy atom. The average molecular weight is 406 g/mol. The molecule has 3 N–H and O–H groups in total. The minimum atomic E-state index is 0. The van der Waals surface area contributed by atoms with E-state index in [0.29, 0.717) is 11.6 Å². The van der Waals surface area contributed by atoms with E-state index >= 15 is 0 Å². The SMILES string of the molecule is C.CCc1cnc2[nH]ccc2c1C.Cc1c(CNCl)cnc2[nH]cc(Cl)c12. The van der Waals surface area contributed by atoms with Gasteiger partial charge in [0.1, 0.15) is 11.3 Å². The molecule has 4 heterocycles. The van der Waals surface area contributed by atoms with E-state index in [9.17, 15) is 0 Å². The average Bonchev–Trinajstić information content (AvgIpc) is 3.26. The Hall–Kier alpha value is -2.08. The summed E-state index contributed by atoms with van der Waals surface area (Å²) in [6.07, 6.45) is 8.47. The van der Waals surface area contributed by atoms with E-state index in [4.69, 9.17) is 23.4 Å². The van der Waals surface area contributed by atoms with Crippen molar-refractivity contribution in [1.82, 2.24) is 24.8 Å². The molecule has 144 valence electrons. The van der Waals surface area contributed by atoms with Crippen LogP contribution in [0.5, 0.6) is 0 Å². The summed E-state index contributed by atoms with van der Waals surface area (Å²) in [5, 5.41) is 2.91. The van der Waals surface area contributed by atoms with Gasteiger partial charge in [0.05, 0.1) is 5.02 Å². The lowest BCUT2D eigenvalue weighted by molar-refractivity contribution is 0.945. The van der Waals surface area contributed by atoms with Crippen LogP contribution in [0.1, 0.15) is 36.6 Å². The zero-order valence-electron chi connectivity index (χ0n) is 15.0. The lowest BCUT2D eigenvalue weighted by Crippen LogP contribution is -2.01. The molecule has 0 fully saturated rings. The fourth-order valence-electron chi connectivity index (χ4n) is 3.04. The van der Waals surface area contributed by atoms with Crippen molar-refractivity contribution < 1.29 is 0 Å². The molecule has 0 aliphatic carbocycles. The number of halogens is 2. The summed E-state index contributed by atoms with van der Waals surface area (Å²) >= 11 is 11.5. The van der Waals surface area contributed by atoms with E-state index in [1.807, 2.05) is 19.3 Å². The van der Waals surface area contributed by atoms with E-state index in [-0.39, 0.29) is 7.43 Å². The molecule has 4 rings (SSSR count). The summed E-state index contributed by atoms with van der Waals surface area (Å²) in [4.78, 5) is 17.2. The number of nitrogens with one attached hydrogen (secondary N) is 3. The number of hydrogen-bond donors (Lipinski definition) is 3. The normalized spacial score (nSPS) is 10.6. The standard InChI is InChI=1S/C10H12N2.C9H9Cl2N3.CH4/c1-3-8-6-12-10-9(7(8)2)4-5-11-10;1-5-6(3-14-11)2-12-9-8(5)7(10)4-13-9;/h4-6H,3H2,1-2H3,(H,11,12);2,4,14H,3H2,1H3,(H,12,13);1H4. The number of aromatic nitrogens is 4. The van der Waals surface area contributed by atoms with Crippen molar-refractivity contribution in [2.45, 2.75) is 41.2 Å². The summed E-state index contributed by atoms with van der Waals surface area (Å²) in [5.41, 5.74) is 6.64. The third-order valence-corrected chi connectivity index (χ3v) is 5.05. The maximum Gasteiger partial charge on any atom is 0.139 e. The largest absolute Gasteiger partial charge is 0.346 e. The minimum Gasteiger partial charge on any atom is -0.346 e. The Bertz CT molecular complexity index is 1040. The quantitative estimate of drug-likeness (QED) is 0.375. The highest BCUT2D eigenvalue weighted by Gasteiger charge is 2.09. The Morgan fingerprint density at radius 3 is 2.44 bits per heavy atom. The fourth-order valence-corrected chi connectivity index (χ4v) is 3.47. The van der Waals surface area contributed by atoms with Gasteiger partial charge in [0, 0.05) is 42.1 Å². The first-order valence-corrected chi connectivity index (χ1v) is 9.18. The molecule has 7 heteroatoms. The molecule has 5 nitrogen and oxygen atoms in total. The van der Waals surface area contributed by atoms with Crippen LogP contribution < -0.4 is 4.84 Å². The highest BCUT2D eigenvalue weighted by Crippen LogP contribution is 2.26. The molecular weight excluding hydrogens is 381 g/mol. The van der Waals surface area contributed by atoms with Crippen molar-refractivity contribution in [2.24, 2.45) is 0 Å². The molecule has 0 bridgehead atoms. The molecule has 4 aromatic rings. The predicted octanol–water partition coefficient (Wildman–Crippen LogP) is 5.84. The minimum absolute atomic E-state index is 0. The molecule has 0 unspecified atom stereocenters. The number of hydrogen-bond acceptors (Lipinski definition) is 3. The summed E-state index contributed by atoms with van der Waals surface area (Å²) < 4.78 is 0. The maximum atomic E-state index is 6.03. The van der Waals surface area contributed by atoms with E-state index in [2.05, 4.69) is 44.7 Å². The van der Waals surface area contributed by atoms with E-state index in [0.717, 1.165) is 34.2 Å². The van der Waals surface area contributed by atoms with Crippen molar-refractivity contribution in [3.63, 3.8) is 0 Å². The lowest BCUT2D eigenvalue weighted by atomic mass is 10.1. The van der Waals surface area contributed by atoms with Crippen molar-refractivity contribution >= 4 is 45.4 Å². The Labute approximate surface area is 169 Å². The number of aromatic amines is 2. The van der Waals surface area contributed by atoms with Crippen LogP contribution in [0, 0.1) is 13.8 Å². The molecule has 0 saturated carbocycles. The predicted molar refractivity (Wildman–Crippen MR) is 115 cm³/mol. The van der Waals surface area contributed by atoms with Gasteiger partial charge in [-0.25, -0.2) is 14.8 Å². The topological polar surface area (TPSA) is 69.4 Å². The van der Waals surface area contributed by atoms with Crippen LogP contribution in [0.15, 0.2) is 30.9 Å². The van der Waals surface area contributed by atoms with Gasteiger partial charge in [0.15, 0.2) is 0 Å². The number of H-pyrrole nitrogens is 2. The molecule has 4 aromatic heterocycles. The van der Waals surface area contributed by atoms with Gasteiger partial charge in [0.2, 0.25) is 0 Å². The first kappa shape index (κ1) is 21.2. The zero-order chi connectivity index (χ0) is 18.7. The van der Waals surface area contributed by atoms with Crippen LogP contribution in [0.2, 0.25) is 5.02 Å². The van der Waals surface area contributed by atoms with Gasteiger partial charge < -0.3 is 9.97 Å².